The quantitative estimate of drug-likeness (QED) is 0.733. The van der Waals surface area contributed by atoms with Crippen LogP contribution in [0.4, 0.5) is 0 Å². The average Bonchev–Trinajstić information content (AvgIpc) is 2.25. The van der Waals surface area contributed by atoms with Crippen LogP contribution < -0.4 is 11.1 Å². The van der Waals surface area contributed by atoms with Crippen LogP contribution in [0.25, 0.3) is 0 Å². The maximum Gasteiger partial charge on any atom is 0.239 e. The van der Waals surface area contributed by atoms with Gasteiger partial charge in [0.05, 0.1) is 0 Å². The lowest BCUT2D eigenvalue weighted by atomic mass is 10.1. The molecule has 0 aliphatic rings. The number of amides is 1. The highest BCUT2D eigenvalue weighted by atomic mass is 16.1. The van der Waals surface area contributed by atoms with Crippen molar-refractivity contribution in [3.63, 3.8) is 0 Å². The molecule has 0 radical (unpaired) electrons. The summed E-state index contributed by atoms with van der Waals surface area (Å²) in [5.41, 5.74) is 7.11. The molecule has 0 aliphatic heterocycles. The van der Waals surface area contributed by atoms with Crippen LogP contribution in [0.15, 0.2) is 18.3 Å². The molecule has 0 spiro atoms. The summed E-state index contributed by atoms with van der Waals surface area (Å²) in [5.74, 6) is -0.380. The van der Waals surface area contributed by atoms with Crippen LogP contribution in [0, 0.1) is 6.92 Å². The van der Waals surface area contributed by atoms with E-state index in [-0.39, 0.29) is 5.91 Å². The number of primary amides is 1. The third-order valence-electron chi connectivity index (χ3n) is 2.46. The van der Waals surface area contributed by atoms with Crippen molar-refractivity contribution in [3.8, 4) is 0 Å². The van der Waals surface area contributed by atoms with E-state index >= 15 is 0 Å². The number of hydrogen-bond acceptors (Lipinski definition) is 4. The smallest absolute Gasteiger partial charge is 0.239 e. The number of aryl methyl sites for hydroxylation is 1. The van der Waals surface area contributed by atoms with E-state index in [0.717, 1.165) is 17.8 Å². The van der Waals surface area contributed by atoms with E-state index in [0.29, 0.717) is 6.54 Å². The molecule has 0 saturated carbocycles. The van der Waals surface area contributed by atoms with Gasteiger partial charge in [-0.2, -0.15) is 0 Å². The number of rotatable bonds is 6. The van der Waals surface area contributed by atoms with Gasteiger partial charge in [0.15, 0.2) is 0 Å². The van der Waals surface area contributed by atoms with Crippen molar-refractivity contribution in [2.75, 3.05) is 27.2 Å². The second-order valence-electron chi connectivity index (χ2n) is 4.33. The predicted molar refractivity (Wildman–Crippen MR) is 67.5 cm³/mol. The minimum absolute atomic E-state index is 0.380. The summed E-state index contributed by atoms with van der Waals surface area (Å²) in [6.45, 7) is 3.46. The second-order valence-corrected chi connectivity index (χ2v) is 4.33. The zero-order chi connectivity index (χ0) is 12.8. The fraction of sp³-hybridized carbons (Fsp3) is 0.500. The van der Waals surface area contributed by atoms with Crippen molar-refractivity contribution in [3.05, 3.63) is 29.6 Å². The van der Waals surface area contributed by atoms with E-state index in [1.54, 1.807) is 6.20 Å². The van der Waals surface area contributed by atoms with E-state index in [1.165, 1.54) is 0 Å². The van der Waals surface area contributed by atoms with Crippen molar-refractivity contribution in [1.29, 1.82) is 0 Å². The topological polar surface area (TPSA) is 71.2 Å². The van der Waals surface area contributed by atoms with Gasteiger partial charge in [-0.15, -0.1) is 0 Å². The molecule has 1 aromatic rings. The molecule has 1 aromatic heterocycles. The Bertz CT molecular complexity index is 361. The number of aromatic nitrogens is 1. The third-order valence-corrected chi connectivity index (χ3v) is 2.46. The van der Waals surface area contributed by atoms with E-state index in [2.05, 4.69) is 10.3 Å². The first-order valence-electron chi connectivity index (χ1n) is 5.60. The normalized spacial score (nSPS) is 12.7. The summed E-state index contributed by atoms with van der Waals surface area (Å²) in [6.07, 6.45) is 1.69. The van der Waals surface area contributed by atoms with Crippen molar-refractivity contribution in [2.45, 2.75) is 13.0 Å². The summed E-state index contributed by atoms with van der Waals surface area (Å²) in [7, 11) is 3.96. The van der Waals surface area contributed by atoms with Gasteiger partial charge in [-0.05, 0) is 32.6 Å². The maximum absolute atomic E-state index is 11.4. The Morgan fingerprint density at radius 1 is 1.53 bits per heavy atom. The summed E-state index contributed by atoms with van der Waals surface area (Å²) < 4.78 is 0. The van der Waals surface area contributed by atoms with Crippen LogP contribution in [0.3, 0.4) is 0 Å². The largest absolute Gasteiger partial charge is 0.368 e. The van der Waals surface area contributed by atoms with Gasteiger partial charge in [-0.1, -0.05) is 6.07 Å². The molecule has 5 nitrogen and oxygen atoms in total. The summed E-state index contributed by atoms with van der Waals surface area (Å²) in [4.78, 5) is 17.6. The first-order chi connectivity index (χ1) is 8.00. The lowest BCUT2D eigenvalue weighted by molar-refractivity contribution is -0.120. The SMILES string of the molecule is Cc1ccc(C(NCCN(C)C)C(N)=O)cn1. The Kier molecular flexibility index (Phi) is 5.06. The number of pyridine rings is 1. The van der Waals surface area contributed by atoms with Crippen molar-refractivity contribution < 1.29 is 4.79 Å². The number of likely N-dealkylation sites (N-methyl/N-ethyl adjacent to an activating group) is 1. The highest BCUT2D eigenvalue weighted by Gasteiger charge is 2.16. The molecule has 1 heterocycles. The van der Waals surface area contributed by atoms with Gasteiger partial charge in [0, 0.05) is 25.0 Å². The molecule has 0 bridgehead atoms. The molecule has 0 saturated heterocycles. The first-order valence-corrected chi connectivity index (χ1v) is 5.60. The highest BCUT2D eigenvalue weighted by Crippen LogP contribution is 2.11. The Balaban J connectivity index is 2.66. The highest BCUT2D eigenvalue weighted by molar-refractivity contribution is 5.81. The standard InChI is InChI=1S/C12H20N4O/c1-9-4-5-10(8-15-9)11(12(13)17)14-6-7-16(2)3/h4-5,8,11,14H,6-7H2,1-3H3,(H2,13,17). The van der Waals surface area contributed by atoms with Gasteiger partial charge in [0.25, 0.3) is 0 Å². The van der Waals surface area contributed by atoms with E-state index in [1.807, 2.05) is 38.1 Å². The molecular formula is C12H20N4O. The third kappa shape index (κ3) is 4.50. The van der Waals surface area contributed by atoms with E-state index in [4.69, 9.17) is 5.73 Å². The van der Waals surface area contributed by atoms with Crippen LogP contribution in [0.5, 0.6) is 0 Å². The minimum Gasteiger partial charge on any atom is -0.368 e. The van der Waals surface area contributed by atoms with Gasteiger partial charge >= 0.3 is 0 Å². The van der Waals surface area contributed by atoms with Gasteiger partial charge in [0.1, 0.15) is 6.04 Å². The zero-order valence-electron chi connectivity index (χ0n) is 10.6. The number of nitrogens with zero attached hydrogens (tertiary/aromatic N) is 2. The number of nitrogens with two attached hydrogens (primary N) is 1. The second kappa shape index (κ2) is 6.32. The molecule has 3 N–H and O–H groups in total. The number of hydrogen-bond donors (Lipinski definition) is 2. The van der Waals surface area contributed by atoms with Gasteiger partial charge in [-0.3, -0.25) is 9.78 Å². The molecule has 1 rings (SSSR count). The lowest BCUT2D eigenvalue weighted by Gasteiger charge is -2.17. The molecule has 0 aliphatic carbocycles. The van der Waals surface area contributed by atoms with Crippen molar-refractivity contribution >= 4 is 5.91 Å². The maximum atomic E-state index is 11.4. The molecule has 94 valence electrons. The molecule has 1 atom stereocenters. The van der Waals surface area contributed by atoms with E-state index < -0.39 is 6.04 Å². The molecule has 5 heteroatoms. The van der Waals surface area contributed by atoms with Crippen LogP contribution >= 0.6 is 0 Å². The molecule has 1 unspecified atom stereocenters. The average molecular weight is 236 g/mol. The van der Waals surface area contributed by atoms with Gasteiger partial charge < -0.3 is 16.0 Å². The fourth-order valence-electron chi connectivity index (χ4n) is 1.47. The molecular weight excluding hydrogens is 216 g/mol. The van der Waals surface area contributed by atoms with Gasteiger partial charge in [0.2, 0.25) is 5.91 Å². The van der Waals surface area contributed by atoms with Crippen LogP contribution in [-0.4, -0.2) is 43.0 Å². The van der Waals surface area contributed by atoms with Crippen LogP contribution in [0.1, 0.15) is 17.3 Å². The Labute approximate surface area is 102 Å². The lowest BCUT2D eigenvalue weighted by Crippen LogP contribution is -2.37. The molecule has 0 aromatic carbocycles. The summed E-state index contributed by atoms with van der Waals surface area (Å²) >= 11 is 0. The number of carbonyl (C=O) groups excluding carboxylic acids is 1. The van der Waals surface area contributed by atoms with Gasteiger partial charge in [-0.25, -0.2) is 0 Å². The molecule has 17 heavy (non-hydrogen) atoms. The predicted octanol–water partition coefficient (Wildman–Crippen LogP) is 0.0676. The first kappa shape index (κ1) is 13.6. The number of carbonyl (C=O) groups is 1. The van der Waals surface area contributed by atoms with E-state index in [9.17, 15) is 4.79 Å². The summed E-state index contributed by atoms with van der Waals surface area (Å²) in [6, 6.07) is 3.28. The zero-order valence-corrected chi connectivity index (χ0v) is 10.6. The summed E-state index contributed by atoms with van der Waals surface area (Å²) in [5, 5.41) is 3.13. The Morgan fingerprint density at radius 3 is 2.71 bits per heavy atom. The number of nitrogens with one attached hydrogen (secondary N) is 1. The fourth-order valence-corrected chi connectivity index (χ4v) is 1.47. The van der Waals surface area contributed by atoms with Crippen LogP contribution in [-0.2, 0) is 4.79 Å². The van der Waals surface area contributed by atoms with Crippen LogP contribution in [0.2, 0.25) is 0 Å². The molecule has 1 amide bonds. The molecule has 0 fully saturated rings. The Hall–Kier alpha value is -1.46. The van der Waals surface area contributed by atoms with Crippen molar-refractivity contribution in [1.82, 2.24) is 15.2 Å². The monoisotopic (exact) mass is 236 g/mol. The Morgan fingerprint density at radius 2 is 2.24 bits per heavy atom. The van der Waals surface area contributed by atoms with Crippen molar-refractivity contribution in [2.24, 2.45) is 5.73 Å². The minimum atomic E-state index is -0.469.